The Labute approximate surface area is 283 Å². The number of rotatable bonds is 9. The van der Waals surface area contributed by atoms with Crippen LogP contribution in [-0.4, -0.2) is 60.0 Å². The van der Waals surface area contributed by atoms with E-state index in [9.17, 15) is 22.8 Å². The summed E-state index contributed by atoms with van der Waals surface area (Å²) >= 11 is 0. The lowest BCUT2D eigenvalue weighted by Crippen LogP contribution is -2.60. The summed E-state index contributed by atoms with van der Waals surface area (Å²) in [5.41, 5.74) is 1.03. The molecule has 2 unspecified atom stereocenters. The minimum absolute atomic E-state index is 0.0846. The average molecular weight is 678 g/mol. The highest BCUT2D eigenvalue weighted by Crippen LogP contribution is 2.61. The fourth-order valence-corrected chi connectivity index (χ4v) is 9.00. The van der Waals surface area contributed by atoms with Crippen molar-refractivity contribution in [2.75, 3.05) is 43.2 Å². The van der Waals surface area contributed by atoms with Crippen LogP contribution in [0.15, 0.2) is 42.6 Å². The van der Waals surface area contributed by atoms with Gasteiger partial charge < -0.3 is 30.9 Å². The molecule has 5 aliphatic rings. The summed E-state index contributed by atoms with van der Waals surface area (Å²) in [6.07, 6.45) is 3.32. The van der Waals surface area contributed by atoms with Crippen LogP contribution < -0.4 is 26.0 Å². The Hall–Kier alpha value is -4.55. The van der Waals surface area contributed by atoms with Crippen molar-refractivity contribution in [3.63, 3.8) is 0 Å². The van der Waals surface area contributed by atoms with Crippen LogP contribution in [0.2, 0.25) is 0 Å². The second-order valence-corrected chi connectivity index (χ2v) is 14.1. The van der Waals surface area contributed by atoms with Gasteiger partial charge in [0.25, 0.3) is 5.91 Å². The number of aromatic nitrogens is 2. The molecule has 3 aromatic rings. The lowest BCUT2D eigenvalue weighted by atomic mass is 9.47. The second kappa shape index (κ2) is 12.7. The first-order valence-corrected chi connectivity index (χ1v) is 17.0. The number of alkyl halides is 3. The number of hydrogen-bond donors (Lipinski definition) is 4. The maximum absolute atomic E-state index is 14.1. The molecule has 8 rings (SSSR count). The number of benzene rings is 2. The first kappa shape index (κ1) is 33.0. The van der Waals surface area contributed by atoms with Gasteiger partial charge in [-0.25, -0.2) is 4.98 Å². The predicted molar refractivity (Wildman–Crippen MR) is 180 cm³/mol. The number of anilines is 5. The monoisotopic (exact) mass is 677 g/mol. The number of hydrogen-bond acceptors (Lipinski definition) is 8. The van der Waals surface area contributed by atoms with Crippen molar-refractivity contribution in [1.29, 1.82) is 0 Å². The Balaban J connectivity index is 1.10. The van der Waals surface area contributed by atoms with Gasteiger partial charge in [-0.15, -0.1) is 0 Å². The molecule has 2 aromatic carbocycles. The molecule has 260 valence electrons. The zero-order chi connectivity index (χ0) is 34.5. The first-order valence-electron chi connectivity index (χ1n) is 17.0. The molecule has 1 saturated heterocycles. The van der Waals surface area contributed by atoms with E-state index in [1.54, 1.807) is 25.1 Å². The number of nitrogens with one attached hydrogen (secondary N) is 4. The Morgan fingerprint density at radius 3 is 2.43 bits per heavy atom. The van der Waals surface area contributed by atoms with Gasteiger partial charge in [-0.2, -0.15) is 18.2 Å². The number of methoxy groups -OCH3 is 1. The number of amides is 2. The van der Waals surface area contributed by atoms with Gasteiger partial charge in [0.15, 0.2) is 0 Å². The van der Waals surface area contributed by atoms with Crippen molar-refractivity contribution < 1.29 is 27.5 Å². The van der Waals surface area contributed by atoms with E-state index in [0.29, 0.717) is 46.9 Å². The van der Waals surface area contributed by atoms with Gasteiger partial charge in [-0.3, -0.25) is 9.59 Å². The van der Waals surface area contributed by atoms with E-state index in [0.717, 1.165) is 63.7 Å². The Morgan fingerprint density at radius 2 is 1.76 bits per heavy atom. The highest BCUT2D eigenvalue weighted by molar-refractivity contribution is 6.01. The zero-order valence-electron chi connectivity index (χ0n) is 27.9. The van der Waals surface area contributed by atoms with E-state index in [1.165, 1.54) is 20.2 Å². The van der Waals surface area contributed by atoms with Gasteiger partial charge in [-0.05, 0) is 93.4 Å². The van der Waals surface area contributed by atoms with Crippen LogP contribution in [-0.2, 0) is 11.0 Å². The molecule has 4 aliphatic carbocycles. The molecule has 4 bridgehead atoms. The zero-order valence-corrected chi connectivity index (χ0v) is 27.9. The molecule has 2 heterocycles. The smallest absolute Gasteiger partial charge is 0.421 e. The van der Waals surface area contributed by atoms with Crippen molar-refractivity contribution in [2.24, 2.45) is 23.2 Å². The fourth-order valence-electron chi connectivity index (χ4n) is 9.00. The summed E-state index contributed by atoms with van der Waals surface area (Å²) in [6.45, 7) is 3.48. The van der Waals surface area contributed by atoms with Crippen molar-refractivity contribution >= 4 is 40.6 Å². The predicted octanol–water partition coefficient (Wildman–Crippen LogP) is 6.89. The number of ether oxygens (including phenoxy) is 1. The molecule has 2 atom stereocenters. The highest BCUT2D eigenvalue weighted by Gasteiger charge is 2.59. The first-order chi connectivity index (χ1) is 23.5. The molecule has 49 heavy (non-hydrogen) atoms. The SMILES string of the molecule is CNC(=O)c1cccc(C)c1Nc1nc(Nc2ccc(NC3C4CC5CC3CC(C(=O)N3CCCC3)(C5)C4)cc2OC)ncc1C(F)(F)F. The molecule has 0 spiro atoms. The van der Waals surface area contributed by atoms with Gasteiger partial charge in [0, 0.05) is 44.1 Å². The molecular weight excluding hydrogens is 635 g/mol. The maximum Gasteiger partial charge on any atom is 0.421 e. The van der Waals surface area contributed by atoms with Crippen molar-refractivity contribution in [1.82, 2.24) is 20.2 Å². The Morgan fingerprint density at radius 1 is 1.02 bits per heavy atom. The standard InChI is InChI=1S/C36H42F3N7O3/c1-20-7-6-8-25(32(47)40-2)29(20)44-31-26(36(37,38)39)19-41-34(45-31)43-27-10-9-24(15-28(27)49-3)42-30-22-13-21-14-23(30)18-35(16-21,17-22)33(48)46-11-4-5-12-46/h6-10,15,19,21-23,30,42H,4-5,11-14,16-18H2,1-3H3,(H,40,47)(H2,41,43,44,45). The van der Waals surface area contributed by atoms with Crippen molar-refractivity contribution in [2.45, 2.75) is 64.1 Å². The summed E-state index contributed by atoms with van der Waals surface area (Å²) in [5, 5.41) is 12.1. The highest BCUT2D eigenvalue weighted by atomic mass is 19.4. The van der Waals surface area contributed by atoms with Crippen LogP contribution >= 0.6 is 0 Å². The van der Waals surface area contributed by atoms with E-state index in [-0.39, 0.29) is 28.7 Å². The normalized spacial score (nSPS) is 25.6. The summed E-state index contributed by atoms with van der Waals surface area (Å²) in [5.74, 6) is 1.27. The fraction of sp³-hybridized carbons (Fsp3) is 0.500. The van der Waals surface area contributed by atoms with Crippen LogP contribution in [0.5, 0.6) is 5.75 Å². The van der Waals surface area contributed by atoms with Gasteiger partial charge in [0.05, 0.1) is 29.5 Å². The van der Waals surface area contributed by atoms with Crippen molar-refractivity contribution in [3.8, 4) is 5.75 Å². The number of aryl methyl sites for hydroxylation is 1. The molecule has 10 nitrogen and oxygen atoms in total. The largest absolute Gasteiger partial charge is 0.494 e. The third kappa shape index (κ3) is 6.23. The average Bonchev–Trinajstić information content (AvgIpc) is 3.61. The summed E-state index contributed by atoms with van der Waals surface area (Å²) < 4.78 is 47.9. The molecule has 5 fully saturated rings. The van der Waals surface area contributed by atoms with Gasteiger partial charge >= 0.3 is 6.18 Å². The maximum atomic E-state index is 14.1. The molecule has 1 aromatic heterocycles. The Kier molecular flexibility index (Phi) is 8.56. The number of carbonyl (C=O) groups is 2. The summed E-state index contributed by atoms with van der Waals surface area (Å²) in [4.78, 5) is 36.5. The third-order valence-corrected chi connectivity index (χ3v) is 11.0. The molecule has 13 heteroatoms. The van der Waals surface area contributed by atoms with Crippen LogP contribution in [0.25, 0.3) is 0 Å². The Bertz CT molecular complexity index is 1740. The van der Waals surface area contributed by atoms with Gasteiger partial charge in [0.1, 0.15) is 17.1 Å². The number of nitrogens with zero attached hydrogens (tertiary/aromatic N) is 3. The summed E-state index contributed by atoms with van der Waals surface area (Å²) in [7, 11) is 2.98. The van der Waals surface area contributed by atoms with Gasteiger partial charge in [0.2, 0.25) is 11.9 Å². The van der Waals surface area contributed by atoms with E-state index in [1.807, 2.05) is 12.1 Å². The molecule has 1 aliphatic heterocycles. The molecule has 0 radical (unpaired) electrons. The number of carbonyl (C=O) groups excluding carboxylic acids is 2. The second-order valence-electron chi connectivity index (χ2n) is 14.1. The number of likely N-dealkylation sites (tertiary alicyclic amines) is 1. The quantitative estimate of drug-likeness (QED) is 0.193. The molecule has 2 amide bonds. The van der Waals surface area contributed by atoms with Crippen LogP contribution in [0.3, 0.4) is 0 Å². The van der Waals surface area contributed by atoms with E-state index < -0.39 is 23.5 Å². The van der Waals surface area contributed by atoms with Crippen LogP contribution in [0.1, 0.15) is 66.4 Å². The lowest BCUT2D eigenvalue weighted by Gasteiger charge is -2.60. The van der Waals surface area contributed by atoms with E-state index in [4.69, 9.17) is 4.74 Å². The van der Waals surface area contributed by atoms with E-state index in [2.05, 4.69) is 36.1 Å². The molecule has 4 N–H and O–H groups in total. The summed E-state index contributed by atoms with van der Waals surface area (Å²) in [6, 6.07) is 10.7. The molecular formula is C36H42F3N7O3. The lowest BCUT2D eigenvalue weighted by molar-refractivity contribution is -0.157. The van der Waals surface area contributed by atoms with E-state index >= 15 is 0 Å². The minimum Gasteiger partial charge on any atom is -0.494 e. The number of halogens is 3. The van der Waals surface area contributed by atoms with Crippen LogP contribution in [0.4, 0.5) is 42.0 Å². The topological polar surface area (TPSA) is 121 Å². The minimum atomic E-state index is -4.75. The van der Waals surface area contributed by atoms with Gasteiger partial charge in [-0.1, -0.05) is 12.1 Å². The molecule has 4 saturated carbocycles. The van der Waals surface area contributed by atoms with Crippen molar-refractivity contribution in [3.05, 3.63) is 59.3 Å². The van der Waals surface area contributed by atoms with Crippen LogP contribution in [0, 0.1) is 30.1 Å². The number of para-hydroxylation sites is 1. The third-order valence-electron chi connectivity index (χ3n) is 11.0.